The molecule has 0 aliphatic carbocycles. The third-order valence-corrected chi connectivity index (χ3v) is 2.81. The van der Waals surface area contributed by atoms with Gasteiger partial charge in [-0.2, -0.15) is 0 Å². The highest BCUT2D eigenvalue weighted by atomic mass is 16.5. The highest BCUT2D eigenvalue weighted by Gasteiger charge is 2.12. The minimum atomic E-state index is -0.121. The minimum Gasteiger partial charge on any atom is -0.493 e. The van der Waals surface area contributed by atoms with Crippen molar-refractivity contribution in [3.05, 3.63) is 23.3 Å². The summed E-state index contributed by atoms with van der Waals surface area (Å²) >= 11 is 0. The first-order valence-electron chi connectivity index (χ1n) is 5.67. The molecule has 0 radical (unpaired) electrons. The van der Waals surface area contributed by atoms with Crippen molar-refractivity contribution < 1.29 is 14.3 Å². The lowest BCUT2D eigenvalue weighted by molar-refractivity contribution is 0.209. The van der Waals surface area contributed by atoms with Crippen LogP contribution in [0.25, 0.3) is 0 Å². The van der Waals surface area contributed by atoms with Crippen LogP contribution in [0.4, 0.5) is 4.79 Å². The van der Waals surface area contributed by atoms with Crippen LogP contribution in [-0.2, 0) is 6.54 Å². The van der Waals surface area contributed by atoms with Gasteiger partial charge in [0.15, 0.2) is 11.5 Å². The average molecular weight is 252 g/mol. The number of carbonyl (C=O) groups excluding carboxylic acids is 1. The van der Waals surface area contributed by atoms with Crippen molar-refractivity contribution in [3.63, 3.8) is 0 Å². The first kappa shape index (κ1) is 14.2. The van der Waals surface area contributed by atoms with Crippen LogP contribution in [0.3, 0.4) is 0 Å². The molecule has 0 atom stereocenters. The molecule has 0 aliphatic heterocycles. The van der Waals surface area contributed by atoms with Gasteiger partial charge in [0.25, 0.3) is 0 Å². The zero-order valence-electron chi connectivity index (χ0n) is 11.5. The van der Waals surface area contributed by atoms with Crippen LogP contribution >= 0.6 is 0 Å². The maximum Gasteiger partial charge on any atom is 0.317 e. The molecule has 18 heavy (non-hydrogen) atoms. The summed E-state index contributed by atoms with van der Waals surface area (Å²) in [5.41, 5.74) is 2.09. The second kappa shape index (κ2) is 6.14. The Morgan fingerprint density at radius 1 is 1.28 bits per heavy atom. The predicted octanol–water partition coefficient (Wildman–Crippen LogP) is 1.78. The van der Waals surface area contributed by atoms with E-state index in [1.807, 2.05) is 19.1 Å². The Morgan fingerprint density at radius 3 is 2.33 bits per heavy atom. The molecule has 0 spiro atoms. The van der Waals surface area contributed by atoms with E-state index >= 15 is 0 Å². The molecular formula is C13H20N2O3. The maximum absolute atomic E-state index is 11.5. The molecule has 5 heteroatoms. The van der Waals surface area contributed by atoms with Gasteiger partial charge in [0.05, 0.1) is 14.2 Å². The molecule has 2 amide bonds. The zero-order valence-corrected chi connectivity index (χ0v) is 11.5. The Morgan fingerprint density at radius 2 is 1.83 bits per heavy atom. The van der Waals surface area contributed by atoms with Crippen molar-refractivity contribution in [2.45, 2.75) is 13.5 Å². The fraction of sp³-hybridized carbons (Fsp3) is 0.462. The van der Waals surface area contributed by atoms with Gasteiger partial charge in [-0.1, -0.05) is 0 Å². The van der Waals surface area contributed by atoms with Crippen molar-refractivity contribution in [2.75, 3.05) is 28.3 Å². The number of amides is 2. The molecule has 100 valence electrons. The Labute approximate surface area is 108 Å². The number of urea groups is 1. The fourth-order valence-electron chi connectivity index (χ4n) is 1.71. The van der Waals surface area contributed by atoms with Crippen molar-refractivity contribution in [2.24, 2.45) is 0 Å². The van der Waals surface area contributed by atoms with Gasteiger partial charge in [0, 0.05) is 20.6 Å². The minimum absolute atomic E-state index is 0.121. The molecule has 0 heterocycles. The molecule has 0 aliphatic rings. The average Bonchev–Trinajstić information content (AvgIpc) is 2.39. The van der Waals surface area contributed by atoms with Crippen molar-refractivity contribution >= 4 is 6.03 Å². The Hall–Kier alpha value is -1.91. The normalized spacial score (nSPS) is 9.83. The molecule has 1 aromatic rings. The molecule has 0 bridgehead atoms. The number of carbonyl (C=O) groups is 1. The van der Waals surface area contributed by atoms with E-state index in [9.17, 15) is 4.79 Å². The number of nitrogens with one attached hydrogen (secondary N) is 1. The number of rotatable bonds is 4. The van der Waals surface area contributed by atoms with Gasteiger partial charge in [-0.15, -0.1) is 0 Å². The van der Waals surface area contributed by atoms with Gasteiger partial charge in [0.1, 0.15) is 0 Å². The number of methoxy groups -OCH3 is 2. The van der Waals surface area contributed by atoms with Crippen LogP contribution in [-0.4, -0.2) is 39.2 Å². The van der Waals surface area contributed by atoms with Gasteiger partial charge < -0.3 is 19.7 Å². The summed E-state index contributed by atoms with van der Waals surface area (Å²) in [7, 11) is 6.56. The number of hydrogen-bond donors (Lipinski definition) is 1. The maximum atomic E-state index is 11.5. The summed E-state index contributed by atoms with van der Waals surface area (Å²) in [4.78, 5) is 13.1. The molecule has 0 saturated carbocycles. The fourth-order valence-corrected chi connectivity index (χ4v) is 1.71. The van der Waals surface area contributed by atoms with Gasteiger partial charge >= 0.3 is 6.03 Å². The summed E-state index contributed by atoms with van der Waals surface area (Å²) in [6.45, 7) is 2.50. The first-order chi connectivity index (χ1) is 8.53. The molecule has 0 saturated heterocycles. The predicted molar refractivity (Wildman–Crippen MR) is 70.2 cm³/mol. The quantitative estimate of drug-likeness (QED) is 0.888. The van der Waals surface area contributed by atoms with E-state index in [-0.39, 0.29) is 6.03 Å². The lowest BCUT2D eigenvalue weighted by Gasteiger charge is -2.19. The molecule has 1 rings (SSSR count). The van der Waals surface area contributed by atoms with E-state index in [1.54, 1.807) is 33.2 Å². The lowest BCUT2D eigenvalue weighted by Crippen LogP contribution is -2.34. The highest BCUT2D eigenvalue weighted by Crippen LogP contribution is 2.30. The Bertz CT molecular complexity index is 432. The number of nitrogens with zero attached hydrogens (tertiary/aromatic N) is 1. The summed E-state index contributed by atoms with van der Waals surface area (Å²) in [6, 6.07) is 3.68. The van der Waals surface area contributed by atoms with Crippen molar-refractivity contribution in [3.8, 4) is 11.5 Å². The number of ether oxygens (including phenoxy) is 2. The van der Waals surface area contributed by atoms with Crippen LogP contribution in [0.1, 0.15) is 11.1 Å². The number of hydrogen-bond acceptors (Lipinski definition) is 3. The molecule has 5 nitrogen and oxygen atoms in total. The molecule has 1 aromatic carbocycles. The SMILES string of the molecule is CNC(=O)N(C)Cc1cc(OC)c(OC)cc1C. The van der Waals surface area contributed by atoms with Crippen LogP contribution in [0, 0.1) is 6.92 Å². The molecule has 0 fully saturated rings. The summed E-state index contributed by atoms with van der Waals surface area (Å²) in [6.07, 6.45) is 0. The molecule has 0 unspecified atom stereocenters. The third-order valence-electron chi connectivity index (χ3n) is 2.81. The van der Waals surface area contributed by atoms with E-state index in [0.29, 0.717) is 18.0 Å². The standard InChI is InChI=1S/C13H20N2O3/c1-9-6-11(17-4)12(18-5)7-10(9)8-15(3)13(16)14-2/h6-7H,8H2,1-5H3,(H,14,16). The Balaban J connectivity index is 2.99. The van der Waals surface area contributed by atoms with Gasteiger partial charge in [-0.3, -0.25) is 0 Å². The molecular weight excluding hydrogens is 232 g/mol. The topological polar surface area (TPSA) is 50.8 Å². The van der Waals surface area contributed by atoms with Crippen molar-refractivity contribution in [1.82, 2.24) is 10.2 Å². The zero-order chi connectivity index (χ0) is 13.7. The van der Waals surface area contributed by atoms with Crippen LogP contribution in [0.5, 0.6) is 11.5 Å². The largest absolute Gasteiger partial charge is 0.493 e. The third kappa shape index (κ3) is 3.06. The second-order valence-electron chi connectivity index (χ2n) is 4.04. The molecule has 1 N–H and O–H groups in total. The lowest BCUT2D eigenvalue weighted by atomic mass is 10.1. The molecule has 0 aromatic heterocycles. The summed E-state index contributed by atoms with van der Waals surface area (Å²) in [5, 5.41) is 2.59. The van der Waals surface area contributed by atoms with E-state index < -0.39 is 0 Å². The summed E-state index contributed by atoms with van der Waals surface area (Å²) < 4.78 is 10.5. The second-order valence-corrected chi connectivity index (χ2v) is 4.04. The Kier molecular flexibility index (Phi) is 4.83. The highest BCUT2D eigenvalue weighted by molar-refractivity contribution is 5.73. The smallest absolute Gasteiger partial charge is 0.317 e. The van der Waals surface area contributed by atoms with Crippen LogP contribution in [0.2, 0.25) is 0 Å². The van der Waals surface area contributed by atoms with E-state index in [1.165, 1.54) is 0 Å². The van der Waals surface area contributed by atoms with E-state index in [2.05, 4.69) is 5.32 Å². The van der Waals surface area contributed by atoms with Crippen molar-refractivity contribution in [1.29, 1.82) is 0 Å². The van der Waals surface area contributed by atoms with E-state index in [0.717, 1.165) is 11.1 Å². The van der Waals surface area contributed by atoms with E-state index in [4.69, 9.17) is 9.47 Å². The monoisotopic (exact) mass is 252 g/mol. The van der Waals surface area contributed by atoms with Gasteiger partial charge in [-0.05, 0) is 30.2 Å². The van der Waals surface area contributed by atoms with Crippen LogP contribution in [0.15, 0.2) is 12.1 Å². The van der Waals surface area contributed by atoms with Crippen LogP contribution < -0.4 is 14.8 Å². The summed E-state index contributed by atoms with van der Waals surface area (Å²) in [5.74, 6) is 1.37. The van der Waals surface area contributed by atoms with Gasteiger partial charge in [-0.25, -0.2) is 4.79 Å². The number of benzene rings is 1. The number of aryl methyl sites for hydroxylation is 1. The van der Waals surface area contributed by atoms with Gasteiger partial charge in [0.2, 0.25) is 0 Å². The first-order valence-corrected chi connectivity index (χ1v) is 5.67.